The summed E-state index contributed by atoms with van der Waals surface area (Å²) in [7, 11) is 3.29. The average Bonchev–Trinajstić information content (AvgIpc) is 2.68. The number of hydrogen-bond donors (Lipinski definition) is 1. The standard InChI is InChI=1S/C19H21ClN4O2/c1-25-15-9-14(10-16(11-15)26-2)22-13-5-7-24(8-6-13)19-4-3-17(20)18(12-21)23-19/h3-4,9-11,13,22H,5-8H2,1-2H3. The molecule has 6 nitrogen and oxygen atoms in total. The van der Waals surface area contributed by atoms with E-state index in [4.69, 9.17) is 26.3 Å². The molecule has 0 radical (unpaired) electrons. The Morgan fingerprint density at radius 2 is 1.81 bits per heavy atom. The summed E-state index contributed by atoms with van der Waals surface area (Å²) in [5, 5.41) is 13.0. The second-order valence-corrected chi connectivity index (χ2v) is 6.53. The maximum atomic E-state index is 9.09. The number of pyridine rings is 1. The number of halogens is 1. The highest BCUT2D eigenvalue weighted by Gasteiger charge is 2.21. The van der Waals surface area contributed by atoms with Gasteiger partial charge in [-0.1, -0.05) is 11.6 Å². The van der Waals surface area contributed by atoms with Crippen molar-refractivity contribution in [3.63, 3.8) is 0 Å². The van der Waals surface area contributed by atoms with Crippen molar-refractivity contribution in [2.45, 2.75) is 18.9 Å². The Morgan fingerprint density at radius 3 is 2.38 bits per heavy atom. The molecule has 0 spiro atoms. The first-order valence-corrected chi connectivity index (χ1v) is 8.82. The maximum Gasteiger partial charge on any atom is 0.161 e. The monoisotopic (exact) mass is 372 g/mol. The molecule has 0 aliphatic carbocycles. The molecule has 0 atom stereocenters. The topological polar surface area (TPSA) is 70.4 Å². The fourth-order valence-corrected chi connectivity index (χ4v) is 3.21. The first-order valence-electron chi connectivity index (χ1n) is 8.44. The molecule has 1 N–H and O–H groups in total. The van der Waals surface area contributed by atoms with Gasteiger partial charge >= 0.3 is 0 Å². The van der Waals surface area contributed by atoms with E-state index < -0.39 is 0 Å². The van der Waals surface area contributed by atoms with Gasteiger partial charge in [0.1, 0.15) is 23.4 Å². The summed E-state index contributed by atoms with van der Waals surface area (Å²) >= 11 is 5.96. The Bertz CT molecular complexity index is 791. The van der Waals surface area contributed by atoms with Gasteiger partial charge < -0.3 is 19.7 Å². The van der Waals surface area contributed by atoms with E-state index >= 15 is 0 Å². The molecule has 26 heavy (non-hydrogen) atoms. The molecule has 1 saturated heterocycles. The average molecular weight is 373 g/mol. The molecule has 2 aromatic rings. The predicted octanol–water partition coefficient (Wildman–Crippen LogP) is 3.70. The minimum atomic E-state index is 0.271. The first kappa shape index (κ1) is 18.2. The van der Waals surface area contributed by atoms with E-state index in [9.17, 15) is 0 Å². The number of methoxy groups -OCH3 is 2. The lowest BCUT2D eigenvalue weighted by atomic mass is 10.0. The van der Waals surface area contributed by atoms with Crippen LogP contribution >= 0.6 is 11.6 Å². The molecule has 1 aromatic carbocycles. The molecule has 0 amide bonds. The smallest absolute Gasteiger partial charge is 0.161 e. The third kappa shape index (κ3) is 4.12. The highest BCUT2D eigenvalue weighted by molar-refractivity contribution is 6.31. The SMILES string of the molecule is COc1cc(NC2CCN(c3ccc(Cl)c(C#N)n3)CC2)cc(OC)c1. The zero-order valence-corrected chi connectivity index (χ0v) is 15.6. The minimum Gasteiger partial charge on any atom is -0.497 e. The van der Waals surface area contributed by atoms with Crippen molar-refractivity contribution in [2.75, 3.05) is 37.5 Å². The number of nitriles is 1. The number of benzene rings is 1. The summed E-state index contributed by atoms with van der Waals surface area (Å²) < 4.78 is 10.6. The quantitative estimate of drug-likeness (QED) is 0.862. The Labute approximate surface area is 158 Å². The van der Waals surface area contributed by atoms with E-state index in [1.54, 1.807) is 20.3 Å². The minimum absolute atomic E-state index is 0.271. The van der Waals surface area contributed by atoms with Crippen molar-refractivity contribution in [3.05, 3.63) is 41.0 Å². The summed E-state index contributed by atoms with van der Waals surface area (Å²) in [6.45, 7) is 1.72. The predicted molar refractivity (Wildman–Crippen MR) is 102 cm³/mol. The first-order chi connectivity index (χ1) is 12.6. The van der Waals surface area contributed by atoms with Gasteiger partial charge in [-0.3, -0.25) is 0 Å². The number of nitrogens with one attached hydrogen (secondary N) is 1. The van der Waals surface area contributed by atoms with E-state index in [0.717, 1.165) is 48.9 Å². The molecule has 1 fully saturated rings. The third-order valence-electron chi connectivity index (χ3n) is 4.48. The van der Waals surface area contributed by atoms with Crippen molar-refractivity contribution in [2.24, 2.45) is 0 Å². The summed E-state index contributed by atoms with van der Waals surface area (Å²) in [5.41, 5.74) is 1.25. The summed E-state index contributed by atoms with van der Waals surface area (Å²) in [4.78, 5) is 6.53. The number of aromatic nitrogens is 1. The highest BCUT2D eigenvalue weighted by Crippen LogP contribution is 2.28. The Morgan fingerprint density at radius 1 is 1.15 bits per heavy atom. The lowest BCUT2D eigenvalue weighted by Gasteiger charge is -2.33. The van der Waals surface area contributed by atoms with Crippen LogP contribution in [0.25, 0.3) is 0 Å². The molecule has 0 saturated carbocycles. The van der Waals surface area contributed by atoms with E-state index in [0.29, 0.717) is 11.1 Å². The van der Waals surface area contributed by atoms with Crippen LogP contribution in [0.1, 0.15) is 18.5 Å². The normalized spacial score (nSPS) is 14.6. The lowest BCUT2D eigenvalue weighted by Crippen LogP contribution is -2.39. The van der Waals surface area contributed by atoms with Gasteiger partial charge in [-0.05, 0) is 25.0 Å². The summed E-state index contributed by atoms with van der Waals surface area (Å²) in [5.74, 6) is 2.32. The molecule has 136 valence electrons. The number of rotatable bonds is 5. The number of piperidine rings is 1. The van der Waals surface area contributed by atoms with Gasteiger partial charge in [0, 0.05) is 43.0 Å². The van der Waals surface area contributed by atoms with E-state index in [-0.39, 0.29) is 5.69 Å². The number of hydrogen-bond acceptors (Lipinski definition) is 6. The zero-order chi connectivity index (χ0) is 18.5. The summed E-state index contributed by atoms with van der Waals surface area (Å²) in [6, 6.07) is 11.8. The van der Waals surface area contributed by atoms with Crippen LogP contribution < -0.4 is 19.7 Å². The van der Waals surface area contributed by atoms with Gasteiger partial charge in [0.25, 0.3) is 0 Å². The highest BCUT2D eigenvalue weighted by atomic mass is 35.5. The van der Waals surface area contributed by atoms with Crippen LogP contribution in [0.2, 0.25) is 5.02 Å². The molecule has 0 bridgehead atoms. The van der Waals surface area contributed by atoms with Crippen molar-refractivity contribution in [1.82, 2.24) is 4.98 Å². The van der Waals surface area contributed by atoms with Crippen LogP contribution in [0.5, 0.6) is 11.5 Å². The van der Waals surface area contributed by atoms with Crippen LogP contribution in [-0.2, 0) is 0 Å². The zero-order valence-electron chi connectivity index (χ0n) is 14.8. The molecule has 1 aliphatic rings. The summed E-state index contributed by atoms with van der Waals surface area (Å²) in [6.07, 6.45) is 1.93. The van der Waals surface area contributed by atoms with Crippen molar-refractivity contribution >= 4 is 23.1 Å². The van der Waals surface area contributed by atoms with Gasteiger partial charge in [-0.15, -0.1) is 0 Å². The van der Waals surface area contributed by atoms with Crippen molar-refractivity contribution < 1.29 is 9.47 Å². The van der Waals surface area contributed by atoms with E-state index in [2.05, 4.69) is 15.2 Å². The Kier molecular flexibility index (Phi) is 5.69. The van der Waals surface area contributed by atoms with Gasteiger partial charge in [0.05, 0.1) is 19.2 Å². The molecule has 7 heteroatoms. The third-order valence-corrected chi connectivity index (χ3v) is 4.78. The number of nitrogens with zero attached hydrogens (tertiary/aromatic N) is 3. The van der Waals surface area contributed by atoms with Crippen molar-refractivity contribution in [1.29, 1.82) is 5.26 Å². The molecule has 1 aromatic heterocycles. The van der Waals surface area contributed by atoms with Gasteiger partial charge in [0.15, 0.2) is 5.69 Å². The molecular formula is C19H21ClN4O2. The largest absolute Gasteiger partial charge is 0.497 e. The van der Waals surface area contributed by atoms with Crippen LogP contribution in [-0.4, -0.2) is 38.3 Å². The van der Waals surface area contributed by atoms with Crippen LogP contribution in [0.4, 0.5) is 11.5 Å². The number of anilines is 2. The second-order valence-electron chi connectivity index (χ2n) is 6.12. The maximum absolute atomic E-state index is 9.09. The lowest BCUT2D eigenvalue weighted by molar-refractivity contribution is 0.394. The van der Waals surface area contributed by atoms with Gasteiger partial charge in [-0.2, -0.15) is 5.26 Å². The second kappa shape index (κ2) is 8.15. The molecule has 1 aliphatic heterocycles. The van der Waals surface area contributed by atoms with Crippen LogP contribution in [0.15, 0.2) is 30.3 Å². The molecule has 3 rings (SSSR count). The Hall–Kier alpha value is -2.65. The number of ether oxygens (including phenoxy) is 2. The van der Waals surface area contributed by atoms with Gasteiger partial charge in [0.2, 0.25) is 0 Å². The molecular weight excluding hydrogens is 352 g/mol. The van der Waals surface area contributed by atoms with Crippen LogP contribution in [0, 0.1) is 11.3 Å². The van der Waals surface area contributed by atoms with Crippen LogP contribution in [0.3, 0.4) is 0 Å². The Balaban J connectivity index is 1.63. The molecule has 0 unspecified atom stereocenters. The van der Waals surface area contributed by atoms with Gasteiger partial charge in [-0.25, -0.2) is 4.98 Å². The fraction of sp³-hybridized carbons (Fsp3) is 0.368. The fourth-order valence-electron chi connectivity index (χ4n) is 3.07. The van der Waals surface area contributed by atoms with Crippen molar-refractivity contribution in [3.8, 4) is 17.6 Å². The van der Waals surface area contributed by atoms with E-state index in [1.165, 1.54) is 0 Å². The van der Waals surface area contributed by atoms with E-state index in [1.807, 2.05) is 30.3 Å². The molecule has 2 heterocycles.